The third-order valence-electron chi connectivity index (χ3n) is 10.3. The minimum Gasteiger partial charge on any atom is -0.356 e. The Bertz CT molecular complexity index is 572. The average molecular weight is 617 g/mol. The maximum atomic E-state index is 2.71. The highest BCUT2D eigenvalue weighted by molar-refractivity contribution is 4.97. The summed E-state index contributed by atoms with van der Waals surface area (Å²) in [6.07, 6.45) is 54.4. The Morgan fingerprint density at radius 3 is 0.795 bits per heavy atom. The predicted molar refractivity (Wildman–Crippen MR) is 200 cm³/mol. The molecule has 262 valence electrons. The van der Waals surface area contributed by atoms with Crippen LogP contribution in [-0.4, -0.2) is 29.1 Å². The Balaban J connectivity index is 2.09. The van der Waals surface area contributed by atoms with Crippen molar-refractivity contribution in [2.24, 2.45) is 0 Å². The Labute approximate surface area is 280 Å². The molecular formula is C42H84N2. The van der Waals surface area contributed by atoms with Crippen LogP contribution >= 0.6 is 0 Å². The lowest BCUT2D eigenvalue weighted by Crippen LogP contribution is -2.39. The molecule has 0 saturated carbocycles. The van der Waals surface area contributed by atoms with Crippen LogP contribution in [-0.2, 0) is 0 Å². The minimum absolute atomic E-state index is 0.640. The zero-order valence-corrected chi connectivity index (χ0v) is 31.1. The predicted octanol–water partition coefficient (Wildman–Crippen LogP) is 14.7. The molecule has 0 aromatic carbocycles. The van der Waals surface area contributed by atoms with Gasteiger partial charge in [-0.05, 0) is 25.7 Å². The Hall–Kier alpha value is -0.660. The van der Waals surface area contributed by atoms with Gasteiger partial charge in [-0.1, -0.05) is 213 Å². The first-order valence-electron chi connectivity index (χ1n) is 21.0. The van der Waals surface area contributed by atoms with Gasteiger partial charge in [0, 0.05) is 25.5 Å². The van der Waals surface area contributed by atoms with Crippen molar-refractivity contribution in [1.82, 2.24) is 9.80 Å². The maximum Gasteiger partial charge on any atom is 0.101 e. The molecule has 1 atom stereocenters. The molecule has 1 unspecified atom stereocenters. The molecule has 1 heterocycles. The number of rotatable bonds is 36. The molecule has 1 rings (SSSR count). The van der Waals surface area contributed by atoms with Crippen molar-refractivity contribution in [3.05, 3.63) is 12.4 Å². The molecule has 0 saturated heterocycles. The summed E-state index contributed by atoms with van der Waals surface area (Å²) < 4.78 is 0. The maximum absolute atomic E-state index is 2.71. The molecule has 1 aliphatic heterocycles. The summed E-state index contributed by atoms with van der Waals surface area (Å²) in [7, 11) is 0. The van der Waals surface area contributed by atoms with Gasteiger partial charge in [-0.25, -0.2) is 0 Å². The molecule has 1 aliphatic rings. The van der Waals surface area contributed by atoms with Crippen LogP contribution in [0.4, 0.5) is 0 Å². The summed E-state index contributed by atoms with van der Waals surface area (Å²) in [5.74, 6) is 0. The van der Waals surface area contributed by atoms with Gasteiger partial charge in [-0.3, -0.25) is 0 Å². The van der Waals surface area contributed by atoms with Crippen molar-refractivity contribution in [3.8, 4) is 0 Å². The smallest absolute Gasteiger partial charge is 0.101 e. The van der Waals surface area contributed by atoms with Crippen molar-refractivity contribution >= 4 is 0 Å². The first kappa shape index (κ1) is 41.4. The summed E-state index contributed by atoms with van der Waals surface area (Å²) >= 11 is 0. The number of hydrogen-bond donors (Lipinski definition) is 0. The van der Waals surface area contributed by atoms with Crippen LogP contribution in [0.15, 0.2) is 12.4 Å². The third kappa shape index (κ3) is 25.5. The molecule has 2 nitrogen and oxygen atoms in total. The topological polar surface area (TPSA) is 6.48 Å². The van der Waals surface area contributed by atoms with E-state index in [1.807, 2.05) is 0 Å². The lowest BCUT2D eigenvalue weighted by Gasteiger charge is -2.33. The van der Waals surface area contributed by atoms with E-state index in [-0.39, 0.29) is 0 Å². The fourth-order valence-corrected chi connectivity index (χ4v) is 7.25. The van der Waals surface area contributed by atoms with E-state index < -0.39 is 0 Å². The summed E-state index contributed by atoms with van der Waals surface area (Å²) in [5, 5.41) is 0. The summed E-state index contributed by atoms with van der Waals surface area (Å²) in [6, 6.07) is 0. The molecule has 0 amide bonds. The van der Waals surface area contributed by atoms with E-state index in [1.165, 1.54) is 231 Å². The van der Waals surface area contributed by atoms with Gasteiger partial charge in [0.2, 0.25) is 0 Å². The highest BCUT2D eigenvalue weighted by atomic mass is 15.4. The molecule has 0 bridgehead atoms. The second-order valence-electron chi connectivity index (χ2n) is 14.6. The lowest BCUT2D eigenvalue weighted by atomic mass is 10.0. The van der Waals surface area contributed by atoms with Crippen molar-refractivity contribution in [1.29, 1.82) is 0 Å². The van der Waals surface area contributed by atoms with E-state index in [9.17, 15) is 0 Å². The molecule has 0 spiro atoms. The van der Waals surface area contributed by atoms with Gasteiger partial charge in [-0.15, -0.1) is 0 Å². The summed E-state index contributed by atoms with van der Waals surface area (Å²) in [6.45, 7) is 9.49. The van der Waals surface area contributed by atoms with Gasteiger partial charge >= 0.3 is 0 Å². The van der Waals surface area contributed by atoms with Crippen LogP contribution in [0.2, 0.25) is 0 Å². The molecule has 0 N–H and O–H groups in total. The van der Waals surface area contributed by atoms with E-state index in [4.69, 9.17) is 0 Å². The summed E-state index contributed by atoms with van der Waals surface area (Å²) in [4.78, 5) is 5.42. The fourth-order valence-electron chi connectivity index (χ4n) is 7.25. The van der Waals surface area contributed by atoms with Crippen LogP contribution in [0.5, 0.6) is 0 Å². The highest BCUT2D eigenvalue weighted by Crippen LogP contribution is 2.24. The van der Waals surface area contributed by atoms with E-state index in [2.05, 4.69) is 43.0 Å². The van der Waals surface area contributed by atoms with Crippen LogP contribution in [0, 0.1) is 0 Å². The Morgan fingerprint density at radius 1 is 0.295 bits per heavy atom. The van der Waals surface area contributed by atoms with Crippen LogP contribution in [0.1, 0.15) is 239 Å². The molecule has 0 aromatic rings. The molecule has 0 fully saturated rings. The van der Waals surface area contributed by atoms with Gasteiger partial charge in [-0.2, -0.15) is 0 Å². The molecule has 2 heteroatoms. The molecule has 0 aliphatic carbocycles. The minimum atomic E-state index is 0.640. The van der Waals surface area contributed by atoms with Crippen LogP contribution < -0.4 is 0 Å². The standard InChI is InChI=1S/C42H84N2/c1-4-7-10-13-15-17-19-21-22-23-24-26-28-30-33-36-39-44-41-40-43(42(44)37-34-31-12-9-6-3)38-35-32-29-27-25-20-18-16-14-11-8-5-2/h40-42H,4-39H2,1-3H3. The highest BCUT2D eigenvalue weighted by Gasteiger charge is 2.24. The van der Waals surface area contributed by atoms with Crippen LogP contribution in [0.25, 0.3) is 0 Å². The number of unbranched alkanes of at least 4 members (excludes halogenated alkanes) is 30. The van der Waals surface area contributed by atoms with E-state index in [1.54, 1.807) is 0 Å². The average Bonchev–Trinajstić information content (AvgIpc) is 3.42. The third-order valence-corrected chi connectivity index (χ3v) is 10.3. The second-order valence-corrected chi connectivity index (χ2v) is 14.6. The van der Waals surface area contributed by atoms with Crippen molar-refractivity contribution in [2.75, 3.05) is 13.1 Å². The van der Waals surface area contributed by atoms with E-state index in [0.29, 0.717) is 6.17 Å². The summed E-state index contributed by atoms with van der Waals surface area (Å²) in [5.41, 5.74) is 0. The van der Waals surface area contributed by atoms with Crippen molar-refractivity contribution < 1.29 is 0 Å². The monoisotopic (exact) mass is 617 g/mol. The second kappa shape index (κ2) is 33.7. The van der Waals surface area contributed by atoms with Crippen molar-refractivity contribution in [2.45, 2.75) is 245 Å². The normalized spacial score (nSPS) is 14.8. The molecular weight excluding hydrogens is 532 g/mol. The molecule has 0 radical (unpaired) electrons. The fraction of sp³-hybridized carbons (Fsp3) is 0.952. The van der Waals surface area contributed by atoms with Crippen molar-refractivity contribution in [3.63, 3.8) is 0 Å². The lowest BCUT2D eigenvalue weighted by molar-refractivity contribution is 0.135. The molecule has 0 aromatic heterocycles. The van der Waals surface area contributed by atoms with Gasteiger partial charge < -0.3 is 9.80 Å². The van der Waals surface area contributed by atoms with Gasteiger partial charge in [0.25, 0.3) is 0 Å². The van der Waals surface area contributed by atoms with Crippen LogP contribution in [0.3, 0.4) is 0 Å². The number of hydrogen-bond acceptors (Lipinski definition) is 2. The number of nitrogens with zero attached hydrogens (tertiary/aromatic N) is 2. The quantitative estimate of drug-likeness (QED) is 0.0646. The van der Waals surface area contributed by atoms with E-state index in [0.717, 1.165) is 0 Å². The Kier molecular flexibility index (Phi) is 31.7. The van der Waals surface area contributed by atoms with Gasteiger partial charge in [0.1, 0.15) is 6.17 Å². The SMILES string of the molecule is CCCCCCCCCCCCCCCCCCN1C=CN(CCCCCCCCCCCCCC)C1CCCCCCC. The molecule has 44 heavy (non-hydrogen) atoms. The first-order chi connectivity index (χ1) is 21.8. The zero-order chi connectivity index (χ0) is 31.6. The van der Waals surface area contributed by atoms with E-state index >= 15 is 0 Å². The first-order valence-corrected chi connectivity index (χ1v) is 21.0. The zero-order valence-electron chi connectivity index (χ0n) is 31.1. The largest absolute Gasteiger partial charge is 0.356 e. The Morgan fingerprint density at radius 2 is 0.523 bits per heavy atom. The van der Waals surface area contributed by atoms with Gasteiger partial charge in [0.05, 0.1) is 0 Å². The van der Waals surface area contributed by atoms with Gasteiger partial charge in [0.15, 0.2) is 0 Å².